The van der Waals surface area contributed by atoms with Gasteiger partial charge in [-0.15, -0.1) is 0 Å². The average Bonchev–Trinajstić information content (AvgIpc) is 2.42. The first-order valence-electron chi connectivity index (χ1n) is 6.99. The molecule has 0 bridgehead atoms. The fourth-order valence-corrected chi connectivity index (χ4v) is 1.74. The van der Waals surface area contributed by atoms with E-state index in [2.05, 4.69) is 0 Å². The lowest BCUT2D eigenvalue weighted by molar-refractivity contribution is -0.142. The van der Waals surface area contributed by atoms with Crippen molar-refractivity contribution in [3.63, 3.8) is 0 Å². The third-order valence-electron chi connectivity index (χ3n) is 2.96. The second-order valence-corrected chi connectivity index (χ2v) is 5.97. The zero-order valence-electron chi connectivity index (χ0n) is 13.6. The standard InChI is InChI=1S/C16H23NO5/c1-11(14(18)19)17(15(20)22-16(2,3)4)10-12-6-8-13(21-5)9-7-12/h6-9,11H,10H2,1-5H3,(H,18,19). The van der Waals surface area contributed by atoms with E-state index in [9.17, 15) is 14.7 Å². The first kappa shape index (κ1) is 17.8. The van der Waals surface area contributed by atoms with Gasteiger partial charge in [-0.05, 0) is 45.4 Å². The molecule has 1 aromatic rings. The molecular weight excluding hydrogens is 286 g/mol. The first-order valence-corrected chi connectivity index (χ1v) is 6.99. The van der Waals surface area contributed by atoms with E-state index in [1.807, 2.05) is 0 Å². The molecule has 6 heteroatoms. The highest BCUT2D eigenvalue weighted by Gasteiger charge is 2.29. The van der Waals surface area contributed by atoms with Crippen molar-refractivity contribution >= 4 is 12.1 Å². The van der Waals surface area contributed by atoms with Crippen LogP contribution in [0.1, 0.15) is 33.3 Å². The lowest BCUT2D eigenvalue weighted by atomic mass is 10.1. The topological polar surface area (TPSA) is 76.1 Å². The summed E-state index contributed by atoms with van der Waals surface area (Å²) in [6.07, 6.45) is -0.654. The maximum atomic E-state index is 12.2. The van der Waals surface area contributed by atoms with E-state index in [-0.39, 0.29) is 6.54 Å². The molecule has 1 atom stereocenters. The van der Waals surface area contributed by atoms with Crippen LogP contribution in [0.15, 0.2) is 24.3 Å². The minimum absolute atomic E-state index is 0.145. The number of rotatable bonds is 5. The summed E-state index contributed by atoms with van der Waals surface area (Å²) >= 11 is 0. The van der Waals surface area contributed by atoms with Crippen molar-refractivity contribution < 1.29 is 24.2 Å². The summed E-state index contributed by atoms with van der Waals surface area (Å²) in [6.45, 7) is 6.81. The molecule has 0 aliphatic heterocycles. The van der Waals surface area contributed by atoms with E-state index < -0.39 is 23.7 Å². The molecule has 0 heterocycles. The van der Waals surface area contributed by atoms with Gasteiger partial charge in [-0.25, -0.2) is 9.59 Å². The van der Waals surface area contributed by atoms with E-state index in [0.29, 0.717) is 5.75 Å². The molecule has 122 valence electrons. The molecule has 0 aliphatic carbocycles. The summed E-state index contributed by atoms with van der Waals surface area (Å²) in [5.74, 6) is -0.391. The Kier molecular flexibility index (Phi) is 5.79. The Morgan fingerprint density at radius 2 is 1.77 bits per heavy atom. The van der Waals surface area contributed by atoms with Crippen molar-refractivity contribution in [1.82, 2.24) is 4.90 Å². The number of carboxylic acid groups (broad SMARTS) is 1. The lowest BCUT2D eigenvalue weighted by Gasteiger charge is -2.30. The third-order valence-corrected chi connectivity index (χ3v) is 2.96. The predicted molar refractivity (Wildman–Crippen MR) is 81.9 cm³/mol. The highest BCUT2D eigenvalue weighted by molar-refractivity contribution is 5.79. The quantitative estimate of drug-likeness (QED) is 0.905. The fraction of sp³-hybridized carbons (Fsp3) is 0.500. The molecule has 1 rings (SSSR count). The molecule has 1 aromatic carbocycles. The molecule has 0 saturated heterocycles. The van der Waals surface area contributed by atoms with E-state index in [4.69, 9.17) is 9.47 Å². The maximum absolute atomic E-state index is 12.2. The molecule has 0 aromatic heterocycles. The highest BCUT2D eigenvalue weighted by Crippen LogP contribution is 2.17. The van der Waals surface area contributed by atoms with Crippen molar-refractivity contribution in [1.29, 1.82) is 0 Å². The van der Waals surface area contributed by atoms with E-state index in [0.717, 1.165) is 5.56 Å². The molecule has 22 heavy (non-hydrogen) atoms. The lowest BCUT2D eigenvalue weighted by Crippen LogP contribution is -2.45. The van der Waals surface area contributed by atoms with Crippen LogP contribution in [0, 0.1) is 0 Å². The Balaban J connectivity index is 2.94. The van der Waals surface area contributed by atoms with Crippen LogP contribution in [0.3, 0.4) is 0 Å². The van der Waals surface area contributed by atoms with Gasteiger partial charge in [0.05, 0.1) is 7.11 Å². The Morgan fingerprint density at radius 1 is 1.23 bits per heavy atom. The number of benzene rings is 1. The van der Waals surface area contributed by atoms with Crippen LogP contribution in [0.5, 0.6) is 5.75 Å². The molecule has 1 N–H and O–H groups in total. The molecular formula is C16H23NO5. The SMILES string of the molecule is COc1ccc(CN(C(=O)OC(C)(C)C)C(C)C(=O)O)cc1. The van der Waals surface area contributed by atoms with Crippen LogP contribution in [0.2, 0.25) is 0 Å². The largest absolute Gasteiger partial charge is 0.497 e. The van der Waals surface area contributed by atoms with Crippen LogP contribution in [-0.2, 0) is 16.1 Å². The smallest absolute Gasteiger partial charge is 0.411 e. The van der Waals surface area contributed by atoms with Crippen molar-refractivity contribution in [2.45, 2.75) is 45.9 Å². The molecule has 6 nitrogen and oxygen atoms in total. The van der Waals surface area contributed by atoms with Gasteiger partial charge in [-0.3, -0.25) is 4.90 Å². The monoisotopic (exact) mass is 309 g/mol. The predicted octanol–water partition coefficient (Wildman–Crippen LogP) is 2.91. The van der Waals surface area contributed by atoms with Gasteiger partial charge >= 0.3 is 12.1 Å². The van der Waals surface area contributed by atoms with Crippen LogP contribution < -0.4 is 4.74 Å². The minimum atomic E-state index is -1.08. The minimum Gasteiger partial charge on any atom is -0.497 e. The molecule has 1 unspecified atom stereocenters. The number of ether oxygens (including phenoxy) is 2. The van der Waals surface area contributed by atoms with Gasteiger partial charge in [0.2, 0.25) is 0 Å². The molecule has 1 amide bonds. The second kappa shape index (κ2) is 7.15. The van der Waals surface area contributed by atoms with Crippen molar-refractivity contribution in [3.05, 3.63) is 29.8 Å². The van der Waals surface area contributed by atoms with Gasteiger partial charge in [0.25, 0.3) is 0 Å². The van der Waals surface area contributed by atoms with Crippen molar-refractivity contribution in [2.75, 3.05) is 7.11 Å². The van der Waals surface area contributed by atoms with Gasteiger partial charge in [0.1, 0.15) is 17.4 Å². The summed E-state index contributed by atoms with van der Waals surface area (Å²) in [4.78, 5) is 24.7. The Labute approximate surface area is 130 Å². The first-order chi connectivity index (χ1) is 10.1. The number of methoxy groups -OCH3 is 1. The maximum Gasteiger partial charge on any atom is 0.411 e. The number of amides is 1. The third kappa shape index (κ3) is 5.27. The Hall–Kier alpha value is -2.24. The summed E-state index contributed by atoms with van der Waals surface area (Å²) in [5, 5.41) is 9.19. The number of aliphatic carboxylic acids is 1. The fourth-order valence-electron chi connectivity index (χ4n) is 1.74. The number of hydrogen-bond donors (Lipinski definition) is 1. The van der Waals surface area contributed by atoms with Crippen LogP contribution in [0.4, 0.5) is 4.79 Å². The number of carboxylic acids is 1. The van der Waals surface area contributed by atoms with Gasteiger partial charge < -0.3 is 14.6 Å². The van der Waals surface area contributed by atoms with Crippen LogP contribution >= 0.6 is 0 Å². The normalized spacial score (nSPS) is 12.4. The molecule has 0 spiro atoms. The number of carbonyl (C=O) groups excluding carboxylic acids is 1. The van der Waals surface area contributed by atoms with Crippen LogP contribution in [-0.4, -0.2) is 40.8 Å². The Bertz CT molecular complexity index is 518. The van der Waals surface area contributed by atoms with E-state index in [1.165, 1.54) is 11.8 Å². The van der Waals surface area contributed by atoms with E-state index in [1.54, 1.807) is 52.1 Å². The van der Waals surface area contributed by atoms with Gasteiger partial charge in [0.15, 0.2) is 0 Å². The zero-order valence-corrected chi connectivity index (χ0v) is 13.6. The van der Waals surface area contributed by atoms with Gasteiger partial charge in [0, 0.05) is 6.54 Å². The molecule has 0 radical (unpaired) electrons. The summed E-state index contributed by atoms with van der Waals surface area (Å²) in [5.41, 5.74) is 0.104. The van der Waals surface area contributed by atoms with Gasteiger partial charge in [-0.2, -0.15) is 0 Å². The number of hydrogen-bond acceptors (Lipinski definition) is 4. The highest BCUT2D eigenvalue weighted by atomic mass is 16.6. The number of nitrogens with zero attached hydrogens (tertiary/aromatic N) is 1. The second-order valence-electron chi connectivity index (χ2n) is 5.97. The summed E-state index contributed by atoms with van der Waals surface area (Å²) < 4.78 is 10.4. The Morgan fingerprint density at radius 3 is 2.18 bits per heavy atom. The average molecular weight is 309 g/mol. The number of carbonyl (C=O) groups is 2. The summed E-state index contributed by atoms with van der Waals surface area (Å²) in [7, 11) is 1.56. The molecule has 0 fully saturated rings. The van der Waals surface area contributed by atoms with Gasteiger partial charge in [-0.1, -0.05) is 12.1 Å². The van der Waals surface area contributed by atoms with Crippen LogP contribution in [0.25, 0.3) is 0 Å². The molecule has 0 saturated carbocycles. The van der Waals surface area contributed by atoms with E-state index >= 15 is 0 Å². The van der Waals surface area contributed by atoms with Crippen molar-refractivity contribution in [2.24, 2.45) is 0 Å². The summed E-state index contributed by atoms with van der Waals surface area (Å²) in [6, 6.07) is 6.09. The molecule has 0 aliphatic rings. The van der Waals surface area contributed by atoms with Crippen molar-refractivity contribution in [3.8, 4) is 5.75 Å². The zero-order chi connectivity index (χ0) is 16.9.